The number of amides is 1. The van der Waals surface area contributed by atoms with E-state index in [4.69, 9.17) is 9.47 Å². The fourth-order valence-electron chi connectivity index (χ4n) is 2.93. The summed E-state index contributed by atoms with van der Waals surface area (Å²) in [6.07, 6.45) is 6.72. The van der Waals surface area contributed by atoms with Gasteiger partial charge in [-0.05, 0) is 31.4 Å². The lowest BCUT2D eigenvalue weighted by Gasteiger charge is -2.27. The van der Waals surface area contributed by atoms with Crippen molar-refractivity contribution in [1.82, 2.24) is 9.88 Å². The molecule has 0 radical (unpaired) electrons. The van der Waals surface area contributed by atoms with Crippen molar-refractivity contribution in [3.8, 4) is 11.5 Å². The summed E-state index contributed by atoms with van der Waals surface area (Å²) < 4.78 is 10.7. The Morgan fingerprint density at radius 1 is 1.05 bits per heavy atom. The van der Waals surface area contributed by atoms with Gasteiger partial charge < -0.3 is 14.4 Å². The number of likely N-dealkylation sites (tertiary alicyclic amines) is 1. The second-order valence-corrected chi connectivity index (χ2v) is 5.47. The third-order valence-electron chi connectivity index (χ3n) is 4.14. The first-order valence-electron chi connectivity index (χ1n) is 7.53. The van der Waals surface area contributed by atoms with Crippen LogP contribution in [0.15, 0.2) is 24.5 Å². The van der Waals surface area contributed by atoms with Gasteiger partial charge in [-0.1, -0.05) is 0 Å². The Balaban J connectivity index is 2.07. The molecule has 1 fully saturated rings. The average molecular weight is 300 g/mol. The van der Waals surface area contributed by atoms with E-state index in [-0.39, 0.29) is 5.91 Å². The van der Waals surface area contributed by atoms with E-state index in [1.54, 1.807) is 26.6 Å². The number of hydrogen-bond acceptors (Lipinski definition) is 4. The molecule has 116 valence electrons. The highest BCUT2D eigenvalue weighted by molar-refractivity contribution is 6.07. The first-order valence-corrected chi connectivity index (χ1v) is 7.53. The van der Waals surface area contributed by atoms with Gasteiger partial charge in [-0.2, -0.15) is 0 Å². The highest BCUT2D eigenvalue weighted by Crippen LogP contribution is 2.33. The molecule has 2 heterocycles. The number of aromatic nitrogens is 1. The molecular weight excluding hydrogens is 280 g/mol. The van der Waals surface area contributed by atoms with Gasteiger partial charge in [0.05, 0.1) is 19.8 Å². The quantitative estimate of drug-likeness (QED) is 0.874. The van der Waals surface area contributed by atoms with Crippen molar-refractivity contribution < 1.29 is 14.3 Å². The molecule has 0 aliphatic carbocycles. The van der Waals surface area contributed by atoms with Gasteiger partial charge in [-0.15, -0.1) is 0 Å². The van der Waals surface area contributed by atoms with Crippen LogP contribution < -0.4 is 9.47 Å². The lowest BCUT2D eigenvalue weighted by atomic mass is 10.0. The van der Waals surface area contributed by atoms with E-state index in [2.05, 4.69) is 4.98 Å². The van der Waals surface area contributed by atoms with Crippen LogP contribution in [0.2, 0.25) is 0 Å². The third-order valence-corrected chi connectivity index (χ3v) is 4.14. The van der Waals surface area contributed by atoms with Crippen molar-refractivity contribution in [3.05, 3.63) is 30.1 Å². The van der Waals surface area contributed by atoms with Crippen LogP contribution in [0, 0.1) is 0 Å². The number of rotatable bonds is 3. The molecule has 0 N–H and O–H groups in total. The summed E-state index contributed by atoms with van der Waals surface area (Å²) in [5, 5.41) is 1.73. The molecule has 2 aromatic rings. The van der Waals surface area contributed by atoms with E-state index in [0.29, 0.717) is 17.1 Å². The fourth-order valence-corrected chi connectivity index (χ4v) is 2.93. The number of pyridine rings is 1. The number of carbonyl (C=O) groups is 1. The zero-order chi connectivity index (χ0) is 15.5. The van der Waals surface area contributed by atoms with Crippen molar-refractivity contribution in [3.63, 3.8) is 0 Å². The van der Waals surface area contributed by atoms with Crippen LogP contribution in [0.3, 0.4) is 0 Å². The largest absolute Gasteiger partial charge is 0.493 e. The van der Waals surface area contributed by atoms with Crippen molar-refractivity contribution in [2.75, 3.05) is 27.3 Å². The lowest BCUT2D eigenvalue weighted by molar-refractivity contribution is 0.0726. The summed E-state index contributed by atoms with van der Waals surface area (Å²) in [4.78, 5) is 18.9. The fraction of sp³-hybridized carbons (Fsp3) is 0.412. The molecule has 5 nitrogen and oxygen atoms in total. The Morgan fingerprint density at radius 3 is 2.41 bits per heavy atom. The molecule has 1 aromatic heterocycles. The standard InChI is InChI=1S/C17H20N2O3/c1-21-15-8-12-10-18-11-14(13(12)9-16(15)22-2)17(20)19-6-4-3-5-7-19/h8-11H,3-7H2,1-2H3. The molecular formula is C17H20N2O3. The summed E-state index contributed by atoms with van der Waals surface area (Å²) in [5.41, 5.74) is 0.625. The summed E-state index contributed by atoms with van der Waals surface area (Å²) in [5.74, 6) is 1.30. The second-order valence-electron chi connectivity index (χ2n) is 5.47. The van der Waals surface area contributed by atoms with E-state index >= 15 is 0 Å². The molecule has 1 aliphatic rings. The first-order chi connectivity index (χ1) is 10.7. The normalized spacial score (nSPS) is 14.9. The van der Waals surface area contributed by atoms with E-state index in [1.165, 1.54) is 6.42 Å². The SMILES string of the molecule is COc1cc2cncc(C(=O)N3CCCCC3)c2cc1OC. The van der Waals surface area contributed by atoms with Gasteiger partial charge in [-0.25, -0.2) is 0 Å². The van der Waals surface area contributed by atoms with Gasteiger partial charge >= 0.3 is 0 Å². The number of ether oxygens (including phenoxy) is 2. The number of piperidine rings is 1. The molecule has 3 rings (SSSR count). The maximum atomic E-state index is 12.8. The van der Waals surface area contributed by atoms with Crippen molar-refractivity contribution >= 4 is 16.7 Å². The molecule has 0 saturated carbocycles. The Hall–Kier alpha value is -2.30. The molecule has 1 aromatic carbocycles. The van der Waals surface area contributed by atoms with Crippen molar-refractivity contribution in [1.29, 1.82) is 0 Å². The predicted octanol–water partition coefficient (Wildman–Crippen LogP) is 2.88. The van der Waals surface area contributed by atoms with Crippen molar-refractivity contribution in [2.24, 2.45) is 0 Å². The van der Waals surface area contributed by atoms with Crippen LogP contribution in [-0.4, -0.2) is 43.1 Å². The van der Waals surface area contributed by atoms with E-state index in [9.17, 15) is 4.79 Å². The minimum Gasteiger partial charge on any atom is -0.493 e. The Bertz CT molecular complexity index is 694. The maximum absolute atomic E-state index is 12.8. The minimum absolute atomic E-state index is 0.0463. The number of methoxy groups -OCH3 is 2. The highest BCUT2D eigenvalue weighted by atomic mass is 16.5. The number of fused-ring (bicyclic) bond motifs is 1. The molecule has 1 saturated heterocycles. The Kier molecular flexibility index (Phi) is 4.13. The van der Waals surface area contributed by atoms with Gasteiger partial charge in [0.25, 0.3) is 5.91 Å². The monoisotopic (exact) mass is 300 g/mol. The van der Waals surface area contributed by atoms with Gasteiger partial charge in [0.1, 0.15) is 0 Å². The zero-order valence-corrected chi connectivity index (χ0v) is 13.0. The van der Waals surface area contributed by atoms with Crippen LogP contribution in [0.25, 0.3) is 10.8 Å². The van der Waals surface area contributed by atoms with Gasteiger partial charge in [0.2, 0.25) is 0 Å². The van der Waals surface area contributed by atoms with Gasteiger partial charge in [0.15, 0.2) is 11.5 Å². The number of nitrogens with zero attached hydrogens (tertiary/aromatic N) is 2. The predicted molar refractivity (Wildman–Crippen MR) is 84.6 cm³/mol. The topological polar surface area (TPSA) is 51.7 Å². The lowest BCUT2D eigenvalue weighted by Crippen LogP contribution is -2.35. The van der Waals surface area contributed by atoms with E-state index in [1.807, 2.05) is 17.0 Å². The van der Waals surface area contributed by atoms with Gasteiger partial charge in [-0.3, -0.25) is 9.78 Å². The molecule has 1 amide bonds. The minimum atomic E-state index is 0.0463. The number of carbonyl (C=O) groups excluding carboxylic acids is 1. The van der Waals surface area contributed by atoms with Gasteiger partial charge in [0, 0.05) is 36.3 Å². The van der Waals surface area contributed by atoms with E-state index < -0.39 is 0 Å². The molecule has 1 aliphatic heterocycles. The van der Waals surface area contributed by atoms with E-state index in [0.717, 1.165) is 36.7 Å². The summed E-state index contributed by atoms with van der Waals surface area (Å²) in [6, 6.07) is 3.71. The highest BCUT2D eigenvalue weighted by Gasteiger charge is 2.21. The van der Waals surface area contributed by atoms with Crippen LogP contribution in [-0.2, 0) is 0 Å². The second kappa shape index (κ2) is 6.22. The van der Waals surface area contributed by atoms with Crippen LogP contribution in [0.4, 0.5) is 0 Å². The maximum Gasteiger partial charge on any atom is 0.256 e. The Labute approximate surface area is 129 Å². The summed E-state index contributed by atoms with van der Waals surface area (Å²) >= 11 is 0. The number of hydrogen-bond donors (Lipinski definition) is 0. The zero-order valence-electron chi connectivity index (χ0n) is 13.0. The van der Waals surface area contributed by atoms with Crippen LogP contribution in [0.5, 0.6) is 11.5 Å². The average Bonchev–Trinajstić information content (AvgIpc) is 2.60. The van der Waals surface area contributed by atoms with Crippen LogP contribution in [0.1, 0.15) is 29.6 Å². The Morgan fingerprint density at radius 2 is 1.73 bits per heavy atom. The summed E-state index contributed by atoms with van der Waals surface area (Å²) in [6.45, 7) is 1.64. The summed E-state index contributed by atoms with van der Waals surface area (Å²) in [7, 11) is 3.19. The van der Waals surface area contributed by atoms with Crippen molar-refractivity contribution in [2.45, 2.75) is 19.3 Å². The molecule has 22 heavy (non-hydrogen) atoms. The first kappa shape index (κ1) is 14.6. The number of benzene rings is 1. The molecule has 5 heteroatoms. The molecule has 0 spiro atoms. The van der Waals surface area contributed by atoms with Crippen LogP contribution >= 0.6 is 0 Å². The third kappa shape index (κ3) is 2.58. The smallest absolute Gasteiger partial charge is 0.256 e. The molecule has 0 bridgehead atoms. The molecule has 0 unspecified atom stereocenters. The molecule has 0 atom stereocenters.